The third-order valence-electron chi connectivity index (χ3n) is 5.31. The van der Waals surface area contributed by atoms with Crippen molar-refractivity contribution < 1.29 is 20.1 Å². The lowest BCUT2D eigenvalue weighted by molar-refractivity contribution is -0.0357. The lowest BCUT2D eigenvalue weighted by Crippen LogP contribution is -2.55. The van der Waals surface area contributed by atoms with E-state index in [4.69, 9.17) is 4.74 Å². The number of aromatic hydroxyl groups is 1. The van der Waals surface area contributed by atoms with Gasteiger partial charge in [0.05, 0.1) is 19.3 Å². The summed E-state index contributed by atoms with van der Waals surface area (Å²) in [6, 6.07) is 5.45. The van der Waals surface area contributed by atoms with Crippen LogP contribution in [0.15, 0.2) is 18.2 Å². The van der Waals surface area contributed by atoms with Crippen LogP contribution in [-0.2, 0) is 6.54 Å². The Morgan fingerprint density at radius 1 is 1.12 bits per heavy atom. The number of methoxy groups -OCH3 is 1. The Bertz CT molecular complexity index is 546. The Labute approximate surface area is 143 Å². The van der Waals surface area contributed by atoms with Gasteiger partial charge in [0.1, 0.15) is 11.5 Å². The van der Waals surface area contributed by atoms with E-state index >= 15 is 0 Å². The van der Waals surface area contributed by atoms with Crippen molar-refractivity contribution in [2.24, 2.45) is 0 Å². The predicted octanol–water partition coefficient (Wildman–Crippen LogP) is 0.793. The van der Waals surface area contributed by atoms with Gasteiger partial charge in [0.25, 0.3) is 0 Å². The highest BCUT2D eigenvalue weighted by Gasteiger charge is 2.34. The average molecular weight is 336 g/mol. The van der Waals surface area contributed by atoms with Crippen LogP contribution in [0.25, 0.3) is 0 Å². The molecule has 2 saturated heterocycles. The maximum atomic E-state index is 10.6. The largest absolute Gasteiger partial charge is 0.507 e. The first-order valence-electron chi connectivity index (χ1n) is 8.76. The SMILES string of the molecule is COc1cccc(O)c1CN1CC[C@H](N2CCC(O)CC2)[C@@H](O)C1. The van der Waals surface area contributed by atoms with Gasteiger partial charge in [-0.2, -0.15) is 0 Å². The number of β-amino-alcohol motifs (C(OH)–C–C–N with tert-alkyl or cyclic N) is 1. The molecule has 3 rings (SSSR count). The van der Waals surface area contributed by atoms with Crippen molar-refractivity contribution in [3.8, 4) is 11.5 Å². The molecule has 0 radical (unpaired) electrons. The molecule has 2 fully saturated rings. The molecular formula is C18H28N2O4. The van der Waals surface area contributed by atoms with Gasteiger partial charge in [-0.05, 0) is 31.4 Å². The van der Waals surface area contributed by atoms with Crippen LogP contribution < -0.4 is 4.74 Å². The van der Waals surface area contributed by atoms with Crippen LogP contribution in [0.3, 0.4) is 0 Å². The van der Waals surface area contributed by atoms with Crippen molar-refractivity contribution in [1.82, 2.24) is 9.80 Å². The molecule has 0 saturated carbocycles. The van der Waals surface area contributed by atoms with Gasteiger partial charge in [-0.15, -0.1) is 0 Å². The van der Waals surface area contributed by atoms with Crippen molar-refractivity contribution in [2.45, 2.75) is 44.1 Å². The number of rotatable bonds is 4. The molecule has 2 aliphatic rings. The fourth-order valence-corrected chi connectivity index (χ4v) is 3.90. The van der Waals surface area contributed by atoms with Crippen molar-refractivity contribution in [3.63, 3.8) is 0 Å². The fourth-order valence-electron chi connectivity index (χ4n) is 3.90. The van der Waals surface area contributed by atoms with E-state index in [-0.39, 0.29) is 17.9 Å². The molecule has 134 valence electrons. The van der Waals surface area contributed by atoms with E-state index in [0.29, 0.717) is 18.8 Å². The zero-order valence-electron chi connectivity index (χ0n) is 14.3. The van der Waals surface area contributed by atoms with Gasteiger partial charge in [-0.25, -0.2) is 0 Å². The molecule has 0 aromatic heterocycles. The van der Waals surface area contributed by atoms with Crippen LogP contribution in [0.1, 0.15) is 24.8 Å². The number of nitrogens with zero attached hydrogens (tertiary/aromatic N) is 2. The molecule has 0 bridgehead atoms. The van der Waals surface area contributed by atoms with Crippen molar-refractivity contribution in [3.05, 3.63) is 23.8 Å². The highest BCUT2D eigenvalue weighted by Crippen LogP contribution is 2.30. The molecular weight excluding hydrogens is 308 g/mol. The quantitative estimate of drug-likeness (QED) is 0.755. The molecule has 2 heterocycles. The number of benzene rings is 1. The van der Waals surface area contributed by atoms with Crippen LogP contribution in [0.4, 0.5) is 0 Å². The normalized spacial score (nSPS) is 27.3. The molecule has 1 aromatic rings. The zero-order valence-corrected chi connectivity index (χ0v) is 14.3. The van der Waals surface area contributed by atoms with Gasteiger partial charge in [0.2, 0.25) is 0 Å². The summed E-state index contributed by atoms with van der Waals surface area (Å²) in [4.78, 5) is 4.48. The monoisotopic (exact) mass is 336 g/mol. The first kappa shape index (κ1) is 17.5. The third kappa shape index (κ3) is 3.83. The van der Waals surface area contributed by atoms with Crippen molar-refractivity contribution >= 4 is 0 Å². The smallest absolute Gasteiger partial charge is 0.127 e. The lowest BCUT2D eigenvalue weighted by atomic mass is 9.96. The van der Waals surface area contributed by atoms with E-state index in [2.05, 4.69) is 9.80 Å². The number of phenols is 1. The number of hydrogen-bond acceptors (Lipinski definition) is 6. The minimum absolute atomic E-state index is 0.167. The van der Waals surface area contributed by atoms with E-state index < -0.39 is 6.10 Å². The van der Waals surface area contributed by atoms with Crippen LogP contribution >= 0.6 is 0 Å². The third-order valence-corrected chi connectivity index (χ3v) is 5.31. The maximum Gasteiger partial charge on any atom is 0.127 e. The highest BCUT2D eigenvalue weighted by molar-refractivity contribution is 5.43. The molecule has 0 spiro atoms. The number of piperidine rings is 2. The Morgan fingerprint density at radius 2 is 1.88 bits per heavy atom. The summed E-state index contributed by atoms with van der Waals surface area (Å²) in [7, 11) is 1.60. The second kappa shape index (κ2) is 7.70. The summed E-state index contributed by atoms with van der Waals surface area (Å²) in [6.07, 6.45) is 1.88. The maximum absolute atomic E-state index is 10.6. The molecule has 6 nitrogen and oxygen atoms in total. The Hall–Kier alpha value is -1.34. The lowest BCUT2D eigenvalue weighted by Gasteiger charge is -2.43. The van der Waals surface area contributed by atoms with Crippen LogP contribution in [-0.4, -0.2) is 76.7 Å². The molecule has 1 aromatic carbocycles. The predicted molar refractivity (Wildman–Crippen MR) is 91.2 cm³/mol. The first-order valence-corrected chi connectivity index (χ1v) is 8.76. The number of ether oxygens (including phenoxy) is 1. The van der Waals surface area contributed by atoms with Gasteiger partial charge in [0, 0.05) is 44.3 Å². The Balaban J connectivity index is 1.60. The number of hydrogen-bond donors (Lipinski definition) is 3. The summed E-state index contributed by atoms with van der Waals surface area (Å²) in [5, 5.41) is 30.3. The molecule has 0 aliphatic carbocycles. The topological polar surface area (TPSA) is 76.4 Å². The zero-order chi connectivity index (χ0) is 17.1. The van der Waals surface area contributed by atoms with Crippen molar-refractivity contribution in [2.75, 3.05) is 33.3 Å². The standard InChI is InChI=1S/C18H28N2O4/c1-24-18-4-2-3-16(22)14(18)11-19-8-7-15(17(23)12-19)20-9-5-13(21)6-10-20/h2-4,13,15,17,21-23H,5-12H2,1H3/t15-,17-/m0/s1. The molecule has 0 amide bonds. The molecule has 3 N–H and O–H groups in total. The molecule has 6 heteroatoms. The first-order chi connectivity index (χ1) is 11.6. The number of aliphatic hydroxyl groups is 2. The number of phenolic OH excluding ortho intramolecular Hbond substituents is 1. The Morgan fingerprint density at radius 3 is 2.54 bits per heavy atom. The molecule has 24 heavy (non-hydrogen) atoms. The van der Waals surface area contributed by atoms with Gasteiger partial charge in [0.15, 0.2) is 0 Å². The average Bonchev–Trinajstić information content (AvgIpc) is 2.58. The minimum atomic E-state index is -0.411. The summed E-state index contributed by atoms with van der Waals surface area (Å²) in [5.74, 6) is 0.910. The van der Waals surface area contributed by atoms with Gasteiger partial charge < -0.3 is 20.1 Å². The number of aliphatic hydroxyl groups excluding tert-OH is 2. The van der Waals surface area contributed by atoms with Gasteiger partial charge in [-0.3, -0.25) is 9.80 Å². The van der Waals surface area contributed by atoms with Crippen LogP contribution in [0.2, 0.25) is 0 Å². The van der Waals surface area contributed by atoms with E-state index in [1.54, 1.807) is 19.2 Å². The van der Waals surface area contributed by atoms with Crippen molar-refractivity contribution in [1.29, 1.82) is 0 Å². The highest BCUT2D eigenvalue weighted by atomic mass is 16.5. The van der Waals surface area contributed by atoms with E-state index in [9.17, 15) is 15.3 Å². The second-order valence-corrected chi connectivity index (χ2v) is 6.88. The summed E-state index contributed by atoms with van der Waals surface area (Å²) >= 11 is 0. The Kier molecular flexibility index (Phi) is 5.61. The fraction of sp³-hybridized carbons (Fsp3) is 0.667. The van der Waals surface area contributed by atoms with E-state index in [1.165, 1.54) is 0 Å². The molecule has 2 atom stereocenters. The van der Waals surface area contributed by atoms with Gasteiger partial charge in [-0.1, -0.05) is 6.07 Å². The summed E-state index contributed by atoms with van der Waals surface area (Å²) < 4.78 is 5.34. The molecule has 0 unspecified atom stereocenters. The minimum Gasteiger partial charge on any atom is -0.507 e. The van der Waals surface area contributed by atoms with Gasteiger partial charge >= 0.3 is 0 Å². The second-order valence-electron chi connectivity index (χ2n) is 6.88. The van der Waals surface area contributed by atoms with Crippen LogP contribution in [0, 0.1) is 0 Å². The molecule has 2 aliphatic heterocycles. The van der Waals surface area contributed by atoms with Crippen LogP contribution in [0.5, 0.6) is 11.5 Å². The summed E-state index contributed by atoms with van der Waals surface area (Å²) in [6.45, 7) is 3.74. The van der Waals surface area contributed by atoms with E-state index in [1.807, 2.05) is 6.07 Å². The number of likely N-dealkylation sites (tertiary alicyclic amines) is 2. The summed E-state index contributed by atoms with van der Waals surface area (Å²) in [5.41, 5.74) is 0.770. The van der Waals surface area contributed by atoms with E-state index in [0.717, 1.165) is 44.5 Å².